The van der Waals surface area contributed by atoms with Gasteiger partial charge in [0.15, 0.2) is 4.96 Å². The Morgan fingerprint density at radius 2 is 2.25 bits per heavy atom. The number of carbonyl (C=O) groups excluding carboxylic acids is 1. The van der Waals surface area contributed by atoms with Gasteiger partial charge in [-0.05, 0) is 25.0 Å². The van der Waals surface area contributed by atoms with Crippen LogP contribution in [0.5, 0.6) is 0 Å². The normalized spacial score (nSPS) is 15.8. The monoisotopic (exact) mass is 341 g/mol. The fraction of sp³-hybridized carbons (Fsp3) is 0.353. The quantitative estimate of drug-likeness (QED) is 0.792. The van der Waals surface area contributed by atoms with E-state index in [9.17, 15) is 4.79 Å². The molecule has 0 saturated carbocycles. The number of aromatic nitrogens is 3. The predicted molar refractivity (Wildman–Crippen MR) is 94.2 cm³/mol. The van der Waals surface area contributed by atoms with Crippen LogP contribution in [0.3, 0.4) is 0 Å². The minimum Gasteiger partial charge on any atom is -0.381 e. The Bertz CT molecular complexity index is 791. The van der Waals surface area contributed by atoms with Crippen molar-refractivity contribution in [3.05, 3.63) is 48.0 Å². The highest BCUT2D eigenvalue weighted by atomic mass is 32.1. The Kier molecular flexibility index (Phi) is 4.17. The Labute approximate surface area is 144 Å². The van der Waals surface area contributed by atoms with Gasteiger partial charge in [-0.15, -0.1) is 11.3 Å². The molecule has 24 heavy (non-hydrogen) atoms. The van der Waals surface area contributed by atoms with Crippen LogP contribution in [0.2, 0.25) is 0 Å². The highest BCUT2D eigenvalue weighted by Gasteiger charge is 2.23. The molecule has 1 fully saturated rings. The van der Waals surface area contributed by atoms with Gasteiger partial charge in [0.25, 0.3) is 0 Å². The number of thiazole rings is 1. The molecule has 1 aliphatic heterocycles. The number of carbonyl (C=O) groups is 1. The molecule has 0 unspecified atom stereocenters. The molecule has 124 valence electrons. The Hall–Kier alpha value is -2.41. The second-order valence-electron chi connectivity index (χ2n) is 6.04. The largest absolute Gasteiger partial charge is 0.381 e. The predicted octanol–water partition coefficient (Wildman–Crippen LogP) is 2.44. The van der Waals surface area contributed by atoms with Crippen LogP contribution in [-0.2, 0) is 11.2 Å². The summed E-state index contributed by atoms with van der Waals surface area (Å²) < 4.78 is 1.97. The summed E-state index contributed by atoms with van der Waals surface area (Å²) in [6.07, 6.45) is 9.82. The van der Waals surface area contributed by atoms with Crippen LogP contribution in [0, 0.1) is 0 Å². The lowest BCUT2D eigenvalue weighted by atomic mass is 10.0. The SMILES string of the molecule is O=C(Cc1cn2ccsc2n1)N1CCC(Nc2cccnc2)CC1. The van der Waals surface area contributed by atoms with Gasteiger partial charge in [-0.1, -0.05) is 0 Å². The smallest absolute Gasteiger partial charge is 0.228 e. The second kappa shape index (κ2) is 6.60. The van der Waals surface area contributed by atoms with Crippen molar-refractivity contribution in [1.82, 2.24) is 19.3 Å². The van der Waals surface area contributed by atoms with Crippen LogP contribution in [0.4, 0.5) is 5.69 Å². The molecule has 1 aliphatic rings. The summed E-state index contributed by atoms with van der Waals surface area (Å²) in [6, 6.07) is 4.35. The van der Waals surface area contributed by atoms with Gasteiger partial charge >= 0.3 is 0 Å². The summed E-state index contributed by atoms with van der Waals surface area (Å²) >= 11 is 1.59. The third-order valence-electron chi connectivity index (χ3n) is 4.36. The maximum absolute atomic E-state index is 12.5. The fourth-order valence-electron chi connectivity index (χ4n) is 3.09. The molecular formula is C17H19N5OS. The molecule has 1 amide bonds. The van der Waals surface area contributed by atoms with E-state index in [1.807, 2.05) is 45.4 Å². The van der Waals surface area contributed by atoms with Crippen molar-refractivity contribution in [3.63, 3.8) is 0 Å². The van der Waals surface area contributed by atoms with E-state index < -0.39 is 0 Å². The van der Waals surface area contributed by atoms with Crippen LogP contribution in [0.1, 0.15) is 18.5 Å². The average molecular weight is 341 g/mol. The maximum Gasteiger partial charge on any atom is 0.228 e. The Morgan fingerprint density at radius 1 is 1.38 bits per heavy atom. The molecule has 4 heterocycles. The van der Waals surface area contributed by atoms with Gasteiger partial charge < -0.3 is 10.2 Å². The first kappa shape index (κ1) is 15.1. The lowest BCUT2D eigenvalue weighted by Crippen LogP contribution is -2.43. The van der Waals surface area contributed by atoms with Gasteiger partial charge in [-0.2, -0.15) is 0 Å². The van der Waals surface area contributed by atoms with Gasteiger partial charge in [0.05, 0.1) is 17.8 Å². The van der Waals surface area contributed by atoms with Gasteiger partial charge in [0.2, 0.25) is 5.91 Å². The molecule has 0 bridgehead atoms. The average Bonchev–Trinajstić information content (AvgIpc) is 3.18. The summed E-state index contributed by atoms with van der Waals surface area (Å²) in [5.74, 6) is 0.167. The van der Waals surface area contributed by atoms with Gasteiger partial charge in [-0.3, -0.25) is 14.2 Å². The van der Waals surface area contributed by atoms with Crippen LogP contribution >= 0.6 is 11.3 Å². The number of likely N-dealkylation sites (tertiary alicyclic amines) is 1. The Morgan fingerprint density at radius 3 is 3.00 bits per heavy atom. The van der Waals surface area contributed by atoms with Crippen molar-refractivity contribution in [2.24, 2.45) is 0 Å². The summed E-state index contributed by atoms with van der Waals surface area (Å²) in [7, 11) is 0. The number of anilines is 1. The van der Waals surface area contributed by atoms with Crippen LogP contribution < -0.4 is 5.32 Å². The number of amides is 1. The number of hydrogen-bond donors (Lipinski definition) is 1. The molecule has 0 spiro atoms. The molecule has 0 aliphatic carbocycles. The van der Waals surface area contributed by atoms with Gasteiger partial charge in [0, 0.05) is 49.3 Å². The molecule has 1 N–H and O–H groups in total. The highest BCUT2D eigenvalue weighted by molar-refractivity contribution is 7.15. The fourth-order valence-corrected chi connectivity index (χ4v) is 3.80. The maximum atomic E-state index is 12.5. The summed E-state index contributed by atoms with van der Waals surface area (Å²) in [5, 5.41) is 5.48. The molecular weight excluding hydrogens is 322 g/mol. The highest BCUT2D eigenvalue weighted by Crippen LogP contribution is 2.17. The number of pyridine rings is 1. The van der Waals surface area contributed by atoms with E-state index in [0.717, 1.165) is 42.3 Å². The van der Waals surface area contributed by atoms with Crippen molar-refractivity contribution in [2.45, 2.75) is 25.3 Å². The van der Waals surface area contributed by atoms with E-state index >= 15 is 0 Å². The third kappa shape index (κ3) is 3.26. The van der Waals surface area contributed by atoms with E-state index in [-0.39, 0.29) is 5.91 Å². The van der Waals surface area contributed by atoms with Gasteiger partial charge in [-0.25, -0.2) is 4.98 Å². The van der Waals surface area contributed by atoms with Crippen molar-refractivity contribution < 1.29 is 4.79 Å². The molecule has 0 radical (unpaired) electrons. The van der Waals surface area contributed by atoms with Crippen molar-refractivity contribution in [3.8, 4) is 0 Å². The number of rotatable bonds is 4. The molecule has 0 atom stereocenters. The first-order chi connectivity index (χ1) is 11.8. The topological polar surface area (TPSA) is 62.5 Å². The first-order valence-corrected chi connectivity index (χ1v) is 9.01. The van der Waals surface area contributed by atoms with Crippen LogP contribution in [-0.4, -0.2) is 44.3 Å². The van der Waals surface area contributed by atoms with Crippen molar-refractivity contribution in [1.29, 1.82) is 0 Å². The lowest BCUT2D eigenvalue weighted by molar-refractivity contribution is -0.131. The van der Waals surface area contributed by atoms with E-state index in [4.69, 9.17) is 0 Å². The minimum atomic E-state index is 0.167. The molecule has 1 saturated heterocycles. The van der Waals surface area contributed by atoms with E-state index in [1.54, 1.807) is 17.5 Å². The molecule has 7 heteroatoms. The molecule has 4 rings (SSSR count). The third-order valence-corrected chi connectivity index (χ3v) is 5.13. The number of imidazole rings is 1. The lowest BCUT2D eigenvalue weighted by Gasteiger charge is -2.32. The Balaban J connectivity index is 1.30. The second-order valence-corrected chi connectivity index (χ2v) is 6.92. The van der Waals surface area contributed by atoms with Crippen LogP contribution in [0.25, 0.3) is 4.96 Å². The summed E-state index contributed by atoms with van der Waals surface area (Å²) in [5.41, 5.74) is 1.89. The summed E-state index contributed by atoms with van der Waals surface area (Å²) in [4.78, 5) is 24.0. The molecule has 6 nitrogen and oxygen atoms in total. The van der Waals surface area contributed by atoms with Crippen molar-refractivity contribution in [2.75, 3.05) is 18.4 Å². The minimum absolute atomic E-state index is 0.167. The summed E-state index contributed by atoms with van der Waals surface area (Å²) in [6.45, 7) is 1.58. The zero-order chi connectivity index (χ0) is 16.4. The number of piperidine rings is 1. The molecule has 3 aromatic heterocycles. The number of nitrogens with zero attached hydrogens (tertiary/aromatic N) is 4. The number of nitrogens with one attached hydrogen (secondary N) is 1. The molecule has 3 aromatic rings. The number of fused-ring (bicyclic) bond motifs is 1. The van der Waals surface area contributed by atoms with Crippen molar-refractivity contribution >= 4 is 27.9 Å². The zero-order valence-corrected chi connectivity index (χ0v) is 14.1. The van der Waals surface area contributed by atoms with Crippen LogP contribution in [0.15, 0.2) is 42.3 Å². The van der Waals surface area contributed by atoms with E-state index in [0.29, 0.717) is 12.5 Å². The zero-order valence-electron chi connectivity index (χ0n) is 13.3. The first-order valence-electron chi connectivity index (χ1n) is 8.13. The molecule has 0 aromatic carbocycles. The standard InChI is InChI=1S/C17H19N5OS/c23-16(10-15-12-22-8-9-24-17(22)20-15)21-6-3-13(4-7-21)19-14-2-1-5-18-11-14/h1-2,5,8-9,11-13,19H,3-4,6-7,10H2. The number of hydrogen-bond acceptors (Lipinski definition) is 5. The van der Waals surface area contributed by atoms with E-state index in [2.05, 4.69) is 15.3 Å². The van der Waals surface area contributed by atoms with E-state index in [1.165, 1.54) is 0 Å². The van der Waals surface area contributed by atoms with Gasteiger partial charge in [0.1, 0.15) is 0 Å².